The molecule has 1 aromatic rings. The van der Waals surface area contributed by atoms with E-state index in [1.165, 1.54) is 0 Å². The molecule has 2 rings (SSSR count). The summed E-state index contributed by atoms with van der Waals surface area (Å²) in [6.07, 6.45) is 3.82. The largest absolute Gasteiger partial charge is 0.377 e. The van der Waals surface area contributed by atoms with Crippen LogP contribution in [-0.4, -0.2) is 55.5 Å². The van der Waals surface area contributed by atoms with E-state index in [4.69, 9.17) is 9.47 Å². The first-order chi connectivity index (χ1) is 9.63. The fourth-order valence-electron chi connectivity index (χ4n) is 2.30. The maximum atomic E-state index is 5.43. The number of rotatable bonds is 6. The molecule has 1 N–H and O–H groups in total. The Kier molecular flexibility index (Phi) is 5.28. The average molecular weight is 280 g/mol. The van der Waals surface area contributed by atoms with E-state index in [9.17, 15) is 0 Å². The number of anilines is 1. The topological polar surface area (TPSA) is 59.5 Å². The molecule has 2 unspecified atom stereocenters. The minimum absolute atomic E-state index is 0.0871. The standard InChI is InChI=1S/C14H24N4O2/c1-10(2)15-5-11-6-17-14(7-16-11)18-8-12(19-3)13(9-18)20-4/h6-7,10,12-13,15H,5,8-9H2,1-4H3. The third-order valence-electron chi connectivity index (χ3n) is 3.53. The second-order valence-corrected chi connectivity index (χ2v) is 5.35. The number of nitrogens with zero attached hydrogens (tertiary/aromatic N) is 3. The van der Waals surface area contributed by atoms with Crippen LogP contribution in [-0.2, 0) is 16.0 Å². The summed E-state index contributed by atoms with van der Waals surface area (Å²) in [4.78, 5) is 11.1. The molecule has 0 bridgehead atoms. The van der Waals surface area contributed by atoms with Crippen LogP contribution < -0.4 is 10.2 Å². The van der Waals surface area contributed by atoms with Gasteiger partial charge < -0.3 is 19.7 Å². The first kappa shape index (κ1) is 15.2. The van der Waals surface area contributed by atoms with Crippen LogP contribution in [0.2, 0.25) is 0 Å². The second kappa shape index (κ2) is 6.97. The number of ether oxygens (including phenoxy) is 2. The van der Waals surface area contributed by atoms with Gasteiger partial charge in [-0.15, -0.1) is 0 Å². The highest BCUT2D eigenvalue weighted by Gasteiger charge is 2.33. The van der Waals surface area contributed by atoms with Crippen LogP contribution in [0, 0.1) is 0 Å². The maximum absolute atomic E-state index is 5.43. The van der Waals surface area contributed by atoms with Gasteiger partial charge in [0.2, 0.25) is 0 Å². The summed E-state index contributed by atoms with van der Waals surface area (Å²) in [6.45, 7) is 6.54. The van der Waals surface area contributed by atoms with Gasteiger partial charge in [0, 0.05) is 39.9 Å². The summed E-state index contributed by atoms with van der Waals surface area (Å²) in [5, 5.41) is 3.33. The normalized spacial score (nSPS) is 22.8. The van der Waals surface area contributed by atoms with Gasteiger partial charge in [-0.2, -0.15) is 0 Å². The highest BCUT2D eigenvalue weighted by molar-refractivity contribution is 5.38. The molecular formula is C14H24N4O2. The summed E-state index contributed by atoms with van der Waals surface area (Å²) in [5.41, 5.74) is 0.952. The SMILES string of the molecule is COC1CN(c2cnc(CNC(C)C)cn2)CC1OC. The lowest BCUT2D eigenvalue weighted by Crippen LogP contribution is -2.27. The third-order valence-corrected chi connectivity index (χ3v) is 3.53. The molecule has 112 valence electrons. The van der Waals surface area contributed by atoms with E-state index < -0.39 is 0 Å². The molecule has 0 aromatic carbocycles. The Morgan fingerprint density at radius 2 is 1.85 bits per heavy atom. The lowest BCUT2D eigenvalue weighted by molar-refractivity contribution is -0.00461. The van der Waals surface area contributed by atoms with Crippen LogP contribution >= 0.6 is 0 Å². The van der Waals surface area contributed by atoms with Gasteiger partial charge in [0.05, 0.1) is 18.1 Å². The van der Waals surface area contributed by atoms with E-state index in [2.05, 4.69) is 34.0 Å². The molecule has 0 radical (unpaired) electrons. The fourth-order valence-corrected chi connectivity index (χ4v) is 2.30. The van der Waals surface area contributed by atoms with Crippen LogP contribution in [0.3, 0.4) is 0 Å². The lowest BCUT2D eigenvalue weighted by atomic mass is 10.3. The molecule has 0 spiro atoms. The molecule has 0 aliphatic carbocycles. The average Bonchev–Trinajstić information content (AvgIpc) is 2.89. The maximum Gasteiger partial charge on any atom is 0.147 e. The molecule has 2 heterocycles. The molecule has 1 aliphatic rings. The van der Waals surface area contributed by atoms with Crippen molar-refractivity contribution in [2.24, 2.45) is 0 Å². The Morgan fingerprint density at radius 3 is 2.30 bits per heavy atom. The van der Waals surface area contributed by atoms with Crippen LogP contribution in [0.5, 0.6) is 0 Å². The number of hydrogen-bond acceptors (Lipinski definition) is 6. The molecule has 2 atom stereocenters. The van der Waals surface area contributed by atoms with Gasteiger partial charge in [0.25, 0.3) is 0 Å². The molecule has 0 saturated carbocycles. The Morgan fingerprint density at radius 1 is 1.20 bits per heavy atom. The van der Waals surface area contributed by atoms with Crippen molar-refractivity contribution >= 4 is 5.82 Å². The predicted molar refractivity (Wildman–Crippen MR) is 77.8 cm³/mol. The van der Waals surface area contributed by atoms with E-state index in [1.54, 1.807) is 14.2 Å². The quantitative estimate of drug-likeness (QED) is 0.833. The molecule has 1 saturated heterocycles. The second-order valence-electron chi connectivity index (χ2n) is 5.35. The van der Waals surface area contributed by atoms with Crippen molar-refractivity contribution < 1.29 is 9.47 Å². The molecule has 1 aromatic heterocycles. The summed E-state index contributed by atoms with van der Waals surface area (Å²) < 4.78 is 10.9. The molecule has 1 fully saturated rings. The van der Waals surface area contributed by atoms with Crippen molar-refractivity contribution in [3.05, 3.63) is 18.1 Å². The number of aromatic nitrogens is 2. The lowest BCUT2D eigenvalue weighted by Gasteiger charge is -2.16. The van der Waals surface area contributed by atoms with Gasteiger partial charge in [-0.25, -0.2) is 4.98 Å². The summed E-state index contributed by atoms with van der Waals surface area (Å²) in [7, 11) is 3.43. The van der Waals surface area contributed by atoms with Gasteiger partial charge >= 0.3 is 0 Å². The molecule has 0 amide bonds. The van der Waals surface area contributed by atoms with Crippen molar-refractivity contribution in [3.63, 3.8) is 0 Å². The van der Waals surface area contributed by atoms with Gasteiger partial charge in [-0.3, -0.25) is 4.98 Å². The highest BCUT2D eigenvalue weighted by atomic mass is 16.5. The van der Waals surface area contributed by atoms with Crippen molar-refractivity contribution in [2.75, 3.05) is 32.2 Å². The monoisotopic (exact) mass is 280 g/mol. The van der Waals surface area contributed by atoms with Gasteiger partial charge in [-0.1, -0.05) is 13.8 Å². The van der Waals surface area contributed by atoms with E-state index in [0.717, 1.165) is 31.1 Å². The van der Waals surface area contributed by atoms with Crippen LogP contribution in [0.15, 0.2) is 12.4 Å². The first-order valence-electron chi connectivity index (χ1n) is 6.99. The zero-order valence-corrected chi connectivity index (χ0v) is 12.7. The minimum atomic E-state index is 0.0871. The van der Waals surface area contributed by atoms with Crippen molar-refractivity contribution in [3.8, 4) is 0 Å². The Hall–Kier alpha value is -1.24. The number of hydrogen-bond donors (Lipinski definition) is 1. The van der Waals surface area contributed by atoms with Crippen LogP contribution in [0.4, 0.5) is 5.82 Å². The van der Waals surface area contributed by atoms with Crippen molar-refractivity contribution in [1.82, 2.24) is 15.3 Å². The van der Waals surface area contributed by atoms with Crippen molar-refractivity contribution in [1.29, 1.82) is 0 Å². The van der Waals surface area contributed by atoms with Crippen LogP contribution in [0.25, 0.3) is 0 Å². The fraction of sp³-hybridized carbons (Fsp3) is 0.714. The molecule has 6 nitrogen and oxygen atoms in total. The smallest absolute Gasteiger partial charge is 0.147 e. The first-order valence-corrected chi connectivity index (χ1v) is 6.99. The minimum Gasteiger partial charge on any atom is -0.377 e. The number of nitrogens with one attached hydrogen (secondary N) is 1. The summed E-state index contributed by atoms with van der Waals surface area (Å²) in [5.74, 6) is 0.875. The van der Waals surface area contributed by atoms with E-state index in [1.807, 2.05) is 12.4 Å². The molecule has 20 heavy (non-hydrogen) atoms. The molecular weight excluding hydrogens is 256 g/mol. The Labute approximate surface area is 120 Å². The zero-order chi connectivity index (χ0) is 14.5. The Balaban J connectivity index is 1.96. The van der Waals surface area contributed by atoms with Crippen molar-refractivity contribution in [2.45, 2.75) is 38.6 Å². The zero-order valence-electron chi connectivity index (χ0n) is 12.7. The number of methoxy groups -OCH3 is 2. The van der Waals surface area contributed by atoms with Gasteiger partial charge in [0.15, 0.2) is 0 Å². The summed E-state index contributed by atoms with van der Waals surface area (Å²) in [6, 6.07) is 0.444. The summed E-state index contributed by atoms with van der Waals surface area (Å²) >= 11 is 0. The third kappa shape index (κ3) is 3.65. The van der Waals surface area contributed by atoms with Gasteiger partial charge in [-0.05, 0) is 0 Å². The van der Waals surface area contributed by atoms with E-state index in [-0.39, 0.29) is 12.2 Å². The highest BCUT2D eigenvalue weighted by Crippen LogP contribution is 2.20. The molecule has 1 aliphatic heterocycles. The van der Waals surface area contributed by atoms with E-state index >= 15 is 0 Å². The molecule has 6 heteroatoms. The predicted octanol–water partition coefficient (Wildman–Crippen LogP) is 0.825. The van der Waals surface area contributed by atoms with Crippen LogP contribution in [0.1, 0.15) is 19.5 Å². The van der Waals surface area contributed by atoms with Gasteiger partial charge in [0.1, 0.15) is 18.0 Å². The Bertz CT molecular complexity index is 398. The van der Waals surface area contributed by atoms with E-state index in [0.29, 0.717) is 6.04 Å².